The number of imide groups is 1. The molecule has 0 aromatic carbocycles. The van der Waals surface area contributed by atoms with Gasteiger partial charge in [-0.2, -0.15) is 0 Å². The molecule has 6 heteroatoms. The number of ether oxygens (including phenoxy) is 1. The molecule has 1 saturated carbocycles. The number of hydrogen-bond donors (Lipinski definition) is 2. The Morgan fingerprint density at radius 2 is 1.93 bits per heavy atom. The van der Waals surface area contributed by atoms with Crippen molar-refractivity contribution in [3.8, 4) is 0 Å². The predicted molar refractivity (Wildman–Crippen MR) is 54.4 cm³/mol. The maximum atomic E-state index is 11.5. The van der Waals surface area contributed by atoms with Gasteiger partial charge in [0.1, 0.15) is 5.54 Å². The largest absolute Gasteiger partial charge is 0.381 e. The van der Waals surface area contributed by atoms with Gasteiger partial charge >= 0.3 is 6.03 Å². The second-order valence-corrected chi connectivity index (χ2v) is 3.93. The zero-order chi connectivity index (χ0) is 10.2. The number of amides is 3. The molecule has 1 aliphatic heterocycles. The van der Waals surface area contributed by atoms with Crippen molar-refractivity contribution in [3.63, 3.8) is 0 Å². The molecule has 2 N–H and O–H groups in total. The Bertz CT molecular complexity index is 275. The van der Waals surface area contributed by atoms with Crippen LogP contribution < -0.4 is 10.6 Å². The Morgan fingerprint density at radius 3 is 2.33 bits per heavy atom. The summed E-state index contributed by atoms with van der Waals surface area (Å²) < 4.78 is 5.21. The van der Waals surface area contributed by atoms with Crippen LogP contribution in [0.15, 0.2) is 0 Å². The molecule has 1 spiro atoms. The fraction of sp³-hybridized carbons (Fsp3) is 0.778. The number of rotatable bonds is 1. The van der Waals surface area contributed by atoms with Crippen molar-refractivity contribution in [1.82, 2.24) is 10.6 Å². The number of carbonyl (C=O) groups is 2. The van der Waals surface area contributed by atoms with Crippen LogP contribution in [0.2, 0.25) is 0 Å². The van der Waals surface area contributed by atoms with E-state index in [-0.39, 0.29) is 47.6 Å². The quantitative estimate of drug-likeness (QED) is 0.475. The summed E-state index contributed by atoms with van der Waals surface area (Å²) in [6.07, 6.45) is 3.21. The third kappa shape index (κ3) is 2.36. The van der Waals surface area contributed by atoms with Crippen molar-refractivity contribution >= 4 is 41.5 Å². The van der Waals surface area contributed by atoms with E-state index in [0.717, 1.165) is 12.8 Å². The van der Waals surface area contributed by atoms with Crippen LogP contribution in [0.4, 0.5) is 4.79 Å². The van der Waals surface area contributed by atoms with Gasteiger partial charge in [0.25, 0.3) is 5.91 Å². The van der Waals surface area contributed by atoms with E-state index in [1.54, 1.807) is 7.11 Å². The number of hydrogen-bond acceptors (Lipinski definition) is 3. The van der Waals surface area contributed by atoms with Gasteiger partial charge in [0, 0.05) is 36.7 Å². The monoisotopic (exact) mass is 221 g/mol. The summed E-state index contributed by atoms with van der Waals surface area (Å²) in [7, 11) is 1.68. The summed E-state index contributed by atoms with van der Waals surface area (Å²) in [6, 6.07) is -0.370. The molecule has 79 valence electrons. The van der Waals surface area contributed by atoms with Crippen molar-refractivity contribution in [3.05, 3.63) is 0 Å². The number of urea groups is 1. The van der Waals surface area contributed by atoms with Crippen LogP contribution in [0.5, 0.6) is 0 Å². The summed E-state index contributed by atoms with van der Waals surface area (Å²) in [5, 5.41) is 4.99. The van der Waals surface area contributed by atoms with Crippen LogP contribution in [0, 0.1) is 0 Å². The van der Waals surface area contributed by atoms with Crippen LogP contribution in [0.3, 0.4) is 0 Å². The van der Waals surface area contributed by atoms with E-state index in [9.17, 15) is 9.59 Å². The molecule has 1 heterocycles. The topological polar surface area (TPSA) is 67.4 Å². The average Bonchev–Trinajstić information content (AvgIpc) is 2.43. The van der Waals surface area contributed by atoms with Gasteiger partial charge in [-0.15, -0.1) is 0 Å². The maximum Gasteiger partial charge on any atom is 0.322 e. The summed E-state index contributed by atoms with van der Waals surface area (Å²) >= 11 is 0. The third-order valence-corrected chi connectivity index (χ3v) is 3.13. The second kappa shape index (κ2) is 4.82. The normalized spacial score (nSPS) is 34.6. The van der Waals surface area contributed by atoms with Gasteiger partial charge in [0.2, 0.25) is 0 Å². The van der Waals surface area contributed by atoms with Crippen LogP contribution in [-0.4, -0.2) is 60.2 Å². The van der Waals surface area contributed by atoms with Crippen LogP contribution in [-0.2, 0) is 9.53 Å². The van der Waals surface area contributed by atoms with E-state index < -0.39 is 5.54 Å². The minimum Gasteiger partial charge on any atom is -0.381 e. The maximum absolute atomic E-state index is 11.5. The molecule has 1 saturated heterocycles. The molecule has 1 aliphatic carbocycles. The number of methoxy groups -OCH3 is 1. The SMILES string of the molecule is COC1CCC2(CC1)NC(=O)NC2=O.[Na]. The standard InChI is InChI=1S/C9H14N2O3.Na/c1-14-6-2-4-9(5-3-6)7(12)10-8(13)11-9;/h6H,2-5H2,1H3,(H2,10,11,12,13);. The van der Waals surface area contributed by atoms with Gasteiger partial charge in [-0.25, -0.2) is 4.79 Å². The second-order valence-electron chi connectivity index (χ2n) is 3.93. The third-order valence-electron chi connectivity index (χ3n) is 3.13. The molecule has 0 bridgehead atoms. The van der Waals surface area contributed by atoms with Crippen molar-refractivity contribution < 1.29 is 14.3 Å². The van der Waals surface area contributed by atoms with Crippen LogP contribution >= 0.6 is 0 Å². The van der Waals surface area contributed by atoms with Crippen LogP contribution in [0.1, 0.15) is 25.7 Å². The molecule has 1 radical (unpaired) electrons. The van der Waals surface area contributed by atoms with Gasteiger partial charge in [0.15, 0.2) is 0 Å². The van der Waals surface area contributed by atoms with Crippen molar-refractivity contribution in [2.24, 2.45) is 0 Å². The molecule has 0 aromatic heterocycles. The van der Waals surface area contributed by atoms with E-state index in [1.807, 2.05) is 0 Å². The van der Waals surface area contributed by atoms with Gasteiger partial charge < -0.3 is 10.1 Å². The fourth-order valence-corrected chi connectivity index (χ4v) is 2.20. The van der Waals surface area contributed by atoms with Gasteiger partial charge in [-0.05, 0) is 25.7 Å². The van der Waals surface area contributed by atoms with E-state index >= 15 is 0 Å². The van der Waals surface area contributed by atoms with Crippen molar-refractivity contribution in [2.45, 2.75) is 37.3 Å². The molecule has 0 unspecified atom stereocenters. The number of nitrogens with one attached hydrogen (secondary N) is 2. The Labute approximate surface area is 111 Å². The van der Waals surface area contributed by atoms with Crippen molar-refractivity contribution in [2.75, 3.05) is 7.11 Å². The van der Waals surface area contributed by atoms with Gasteiger partial charge in [-0.1, -0.05) is 0 Å². The van der Waals surface area contributed by atoms with Gasteiger partial charge in [-0.3, -0.25) is 10.1 Å². The number of carbonyl (C=O) groups excluding carboxylic acids is 2. The molecular weight excluding hydrogens is 207 g/mol. The molecule has 5 nitrogen and oxygen atoms in total. The molecule has 2 fully saturated rings. The molecule has 15 heavy (non-hydrogen) atoms. The first-order chi connectivity index (χ1) is 6.66. The summed E-state index contributed by atoms with van der Waals surface area (Å²) in [6.45, 7) is 0. The summed E-state index contributed by atoms with van der Waals surface area (Å²) in [4.78, 5) is 22.5. The predicted octanol–water partition coefficient (Wildman–Crippen LogP) is -0.227. The molecule has 0 atom stereocenters. The van der Waals surface area contributed by atoms with E-state index in [0.29, 0.717) is 12.8 Å². The van der Waals surface area contributed by atoms with Crippen LogP contribution in [0.25, 0.3) is 0 Å². The molecule has 2 rings (SSSR count). The Balaban J connectivity index is 0.00000112. The fourth-order valence-electron chi connectivity index (χ4n) is 2.20. The van der Waals surface area contributed by atoms with E-state index in [2.05, 4.69) is 10.6 Å². The minimum absolute atomic E-state index is 0. The molecule has 2 aliphatic rings. The first kappa shape index (κ1) is 13.0. The van der Waals surface area contributed by atoms with Gasteiger partial charge in [0.05, 0.1) is 6.10 Å². The Hall–Kier alpha value is -0.100. The van der Waals surface area contributed by atoms with E-state index in [1.165, 1.54) is 0 Å². The molecule has 3 amide bonds. The summed E-state index contributed by atoms with van der Waals surface area (Å²) in [5.41, 5.74) is -0.647. The summed E-state index contributed by atoms with van der Waals surface area (Å²) in [5.74, 6) is -0.183. The zero-order valence-corrected chi connectivity index (χ0v) is 11.1. The average molecular weight is 221 g/mol. The molecular formula is C9H14N2NaO3. The minimum atomic E-state index is -0.647. The first-order valence-electron chi connectivity index (χ1n) is 4.83. The smallest absolute Gasteiger partial charge is 0.322 e. The Kier molecular flexibility index (Phi) is 4.17. The Morgan fingerprint density at radius 1 is 1.33 bits per heavy atom. The molecule has 0 aromatic rings. The van der Waals surface area contributed by atoms with E-state index in [4.69, 9.17) is 4.74 Å². The van der Waals surface area contributed by atoms with Crippen molar-refractivity contribution in [1.29, 1.82) is 0 Å². The first-order valence-corrected chi connectivity index (χ1v) is 4.83. The zero-order valence-electron chi connectivity index (χ0n) is 9.13.